The predicted molar refractivity (Wildman–Crippen MR) is 223 cm³/mol. The van der Waals surface area contributed by atoms with Gasteiger partial charge < -0.3 is 40.3 Å². The number of hydrogen-bond donors (Lipinski definition) is 4. The van der Waals surface area contributed by atoms with E-state index in [0.717, 1.165) is 5.56 Å². The Kier molecular flexibility index (Phi) is 20.0. The van der Waals surface area contributed by atoms with Crippen LogP contribution < -0.4 is 16.0 Å². The highest BCUT2D eigenvalue weighted by Gasteiger charge is 2.36. The third-order valence-corrected chi connectivity index (χ3v) is 10.8. The van der Waals surface area contributed by atoms with Gasteiger partial charge in [0, 0.05) is 32.0 Å². The predicted octanol–water partition coefficient (Wildman–Crippen LogP) is 3.24. The van der Waals surface area contributed by atoms with Crippen molar-refractivity contribution < 1.29 is 48.1 Å². The lowest BCUT2D eigenvalue weighted by Crippen LogP contribution is -2.57. The molecule has 2 rings (SSSR count). The fourth-order valence-corrected chi connectivity index (χ4v) is 6.55. The van der Waals surface area contributed by atoms with Gasteiger partial charge in [0.1, 0.15) is 30.3 Å². The zero-order valence-corrected chi connectivity index (χ0v) is 36.9. The monoisotopic (exact) mass is 825 g/mol. The standard InChI is InChI=1S/C44H67N5O10/c1-13-26(5)37-40(53)46-31(10)44(57)59-38(27(6)14-2)29(8)34(50)21-20-28(7)43(56)58-35(22-25(3)4)39(52)45-30(9)41(54)49(12)33(23-32-18-16-15-17-19-32)42(55)48(11)24-36(51)47-37/h14-20,25-26,29-31,33-35,37-38,50H,13,21-24H2,1-12H3,(H,45,52)(H,46,53)(H,47,51)/b27-14+,28-20+/t26?,29-,30+,31-,33-,34+,35-,37+,38-/m1/s1. The number of aliphatic hydroxyl groups excluding tert-OH is 1. The smallest absolute Gasteiger partial charge is 0.334 e. The molecule has 1 aromatic carbocycles. The topological polar surface area (TPSA) is 201 Å². The molecule has 4 N–H and O–H groups in total. The number of rotatable bonds is 7. The molecule has 5 amide bonds. The van der Waals surface area contributed by atoms with E-state index in [1.807, 2.05) is 26.8 Å². The number of allylic oxidation sites excluding steroid dienone is 1. The first-order valence-electron chi connectivity index (χ1n) is 20.5. The van der Waals surface area contributed by atoms with Crippen molar-refractivity contribution in [2.75, 3.05) is 20.6 Å². The lowest BCUT2D eigenvalue weighted by molar-refractivity contribution is -0.155. The molecule has 1 aliphatic rings. The van der Waals surface area contributed by atoms with Crippen molar-refractivity contribution in [3.8, 4) is 0 Å². The Morgan fingerprint density at radius 3 is 2.08 bits per heavy atom. The third-order valence-electron chi connectivity index (χ3n) is 10.8. The van der Waals surface area contributed by atoms with Crippen molar-refractivity contribution >= 4 is 41.5 Å². The number of nitrogens with one attached hydrogen (secondary N) is 3. The molecule has 15 heteroatoms. The van der Waals surface area contributed by atoms with Crippen LogP contribution in [-0.2, 0) is 49.5 Å². The largest absolute Gasteiger partial charge is 0.456 e. The van der Waals surface area contributed by atoms with E-state index in [0.29, 0.717) is 12.0 Å². The van der Waals surface area contributed by atoms with E-state index in [-0.39, 0.29) is 36.7 Å². The second-order valence-electron chi connectivity index (χ2n) is 16.2. The summed E-state index contributed by atoms with van der Waals surface area (Å²) in [6.45, 7) is 16.5. The SMILES string of the molecule is C/C=C(\C)[C@H]1OC(=O)[C@@H](C)NC(=O)[C@H](C(C)CC)NC(=O)CN(C)C(=O)[C@@H](Cc2ccccc2)N(C)C(=O)[C@H](C)NC(=O)[C@@H](CC(C)C)OC(=O)/C(C)=C/C[C@H](O)[C@H]1C. The van der Waals surface area contributed by atoms with Crippen molar-refractivity contribution in [2.45, 2.75) is 137 Å². The summed E-state index contributed by atoms with van der Waals surface area (Å²) in [6.07, 6.45) is 0.687. The van der Waals surface area contributed by atoms with Gasteiger partial charge in [0.15, 0.2) is 6.10 Å². The van der Waals surface area contributed by atoms with Gasteiger partial charge in [-0.05, 0) is 70.4 Å². The molecule has 0 bridgehead atoms. The number of esters is 2. The van der Waals surface area contributed by atoms with Crippen molar-refractivity contribution in [3.05, 3.63) is 59.2 Å². The van der Waals surface area contributed by atoms with E-state index in [1.165, 1.54) is 50.7 Å². The van der Waals surface area contributed by atoms with Crippen LogP contribution in [0.25, 0.3) is 0 Å². The number of aliphatic hydroxyl groups is 1. The number of ether oxygens (including phenoxy) is 2. The summed E-state index contributed by atoms with van der Waals surface area (Å²) in [4.78, 5) is 98.0. The number of hydrogen-bond acceptors (Lipinski definition) is 10. The van der Waals surface area contributed by atoms with Crippen molar-refractivity contribution in [2.24, 2.45) is 17.8 Å². The van der Waals surface area contributed by atoms with Crippen LogP contribution in [0.5, 0.6) is 0 Å². The van der Waals surface area contributed by atoms with Gasteiger partial charge in [-0.15, -0.1) is 0 Å². The molecule has 9 atom stereocenters. The van der Waals surface area contributed by atoms with Crippen LogP contribution in [0, 0.1) is 17.8 Å². The lowest BCUT2D eigenvalue weighted by Gasteiger charge is -2.33. The highest BCUT2D eigenvalue weighted by Crippen LogP contribution is 2.24. The van der Waals surface area contributed by atoms with Crippen molar-refractivity contribution in [1.82, 2.24) is 25.8 Å². The van der Waals surface area contributed by atoms with Gasteiger partial charge in [-0.1, -0.05) is 83.5 Å². The molecule has 1 heterocycles. The Hall–Kier alpha value is -5.05. The first-order chi connectivity index (χ1) is 27.6. The first-order valence-corrected chi connectivity index (χ1v) is 20.5. The van der Waals surface area contributed by atoms with E-state index in [1.54, 1.807) is 58.0 Å². The summed E-state index contributed by atoms with van der Waals surface area (Å²) in [5.74, 6) is -5.83. The maximum atomic E-state index is 14.1. The molecule has 1 aliphatic heterocycles. The van der Waals surface area contributed by atoms with Crippen LogP contribution >= 0.6 is 0 Å². The van der Waals surface area contributed by atoms with E-state index < -0.39 is 96.4 Å². The molecule has 0 spiro atoms. The third kappa shape index (κ3) is 14.9. The first kappa shape index (κ1) is 50.1. The Balaban J connectivity index is 2.62. The zero-order valence-electron chi connectivity index (χ0n) is 36.9. The molecule has 0 aliphatic carbocycles. The summed E-state index contributed by atoms with van der Waals surface area (Å²) in [5.41, 5.74) is 1.51. The number of nitrogens with zero attached hydrogens (tertiary/aromatic N) is 2. The zero-order chi connectivity index (χ0) is 44.7. The van der Waals surface area contributed by atoms with Crippen LogP contribution in [0.2, 0.25) is 0 Å². The van der Waals surface area contributed by atoms with Gasteiger partial charge in [-0.3, -0.25) is 24.0 Å². The van der Waals surface area contributed by atoms with Crippen LogP contribution in [0.15, 0.2) is 53.6 Å². The minimum Gasteiger partial charge on any atom is -0.456 e. The van der Waals surface area contributed by atoms with E-state index in [2.05, 4.69) is 16.0 Å². The van der Waals surface area contributed by atoms with Crippen molar-refractivity contribution in [1.29, 1.82) is 0 Å². The van der Waals surface area contributed by atoms with E-state index >= 15 is 0 Å². The molecule has 328 valence electrons. The van der Waals surface area contributed by atoms with Gasteiger partial charge in [0.25, 0.3) is 5.91 Å². The second-order valence-corrected chi connectivity index (χ2v) is 16.2. The molecule has 15 nitrogen and oxygen atoms in total. The van der Waals surface area contributed by atoms with E-state index in [9.17, 15) is 38.7 Å². The summed E-state index contributed by atoms with van der Waals surface area (Å²) in [6, 6.07) is 4.53. The second kappa shape index (κ2) is 23.5. The maximum absolute atomic E-state index is 14.1. The molecule has 0 aromatic heterocycles. The molecular weight excluding hydrogens is 759 g/mol. The lowest BCUT2D eigenvalue weighted by atomic mass is 9.90. The molecule has 0 radical (unpaired) electrons. The van der Waals surface area contributed by atoms with E-state index in [4.69, 9.17) is 9.47 Å². The van der Waals surface area contributed by atoms with Gasteiger partial charge in [0.2, 0.25) is 23.6 Å². The summed E-state index contributed by atoms with van der Waals surface area (Å²) in [5, 5.41) is 19.3. The minimum absolute atomic E-state index is 0.0211. The fourth-order valence-electron chi connectivity index (χ4n) is 6.55. The average molecular weight is 826 g/mol. The van der Waals surface area contributed by atoms with Gasteiger partial charge in [0.05, 0.1) is 12.6 Å². The Labute approximate surface area is 349 Å². The summed E-state index contributed by atoms with van der Waals surface area (Å²) in [7, 11) is 2.85. The van der Waals surface area contributed by atoms with Crippen LogP contribution in [-0.4, -0.2) is 120 Å². The minimum atomic E-state index is -1.26. The number of likely N-dealkylation sites (N-methyl/N-ethyl adjacent to an activating group) is 2. The Morgan fingerprint density at radius 2 is 1.51 bits per heavy atom. The number of carbonyl (C=O) groups is 7. The van der Waals surface area contributed by atoms with Gasteiger partial charge >= 0.3 is 11.9 Å². The normalized spacial score (nSPS) is 28.8. The molecule has 1 unspecified atom stereocenters. The fraction of sp³-hybridized carbons (Fsp3) is 0.614. The Morgan fingerprint density at radius 1 is 0.898 bits per heavy atom. The molecule has 59 heavy (non-hydrogen) atoms. The number of benzene rings is 1. The molecule has 0 saturated carbocycles. The molecular formula is C44H67N5O10. The van der Waals surface area contributed by atoms with Crippen molar-refractivity contribution in [3.63, 3.8) is 0 Å². The summed E-state index contributed by atoms with van der Waals surface area (Å²) < 4.78 is 11.5. The Bertz CT molecular complexity index is 1700. The maximum Gasteiger partial charge on any atom is 0.334 e. The highest BCUT2D eigenvalue weighted by atomic mass is 16.6. The number of cyclic esters (lactones) is 2. The van der Waals surface area contributed by atoms with Crippen LogP contribution in [0.4, 0.5) is 0 Å². The molecule has 0 saturated heterocycles. The quantitative estimate of drug-likeness (QED) is 0.234. The number of amides is 5. The van der Waals surface area contributed by atoms with Crippen LogP contribution in [0.3, 0.4) is 0 Å². The molecule has 1 aromatic rings. The molecule has 0 fully saturated rings. The van der Waals surface area contributed by atoms with Gasteiger partial charge in [-0.25, -0.2) is 9.59 Å². The average Bonchev–Trinajstić information content (AvgIpc) is 3.20. The van der Waals surface area contributed by atoms with Crippen LogP contribution in [0.1, 0.15) is 94.1 Å². The highest BCUT2D eigenvalue weighted by molar-refractivity contribution is 5.96. The number of carbonyl (C=O) groups excluding carboxylic acids is 7. The summed E-state index contributed by atoms with van der Waals surface area (Å²) >= 11 is 0. The van der Waals surface area contributed by atoms with Gasteiger partial charge in [-0.2, -0.15) is 0 Å².